The molecule has 0 saturated carbocycles. The average Bonchev–Trinajstić information content (AvgIpc) is 3.19. The predicted molar refractivity (Wildman–Crippen MR) is 113 cm³/mol. The molecule has 3 N–H and O–H groups in total. The average molecular weight is 361 g/mol. The first-order valence-electron chi connectivity index (χ1n) is 9.74. The number of likely N-dealkylation sites (tertiary alicyclic amines) is 1. The molecule has 0 spiro atoms. The predicted octanol–water partition coefficient (Wildman–Crippen LogP) is 4.34. The summed E-state index contributed by atoms with van der Waals surface area (Å²) >= 11 is 0. The summed E-state index contributed by atoms with van der Waals surface area (Å²) in [5.41, 5.74) is 12.5. The normalized spacial score (nSPS) is 19.7. The first-order valence-corrected chi connectivity index (χ1v) is 9.74. The minimum atomic E-state index is -0.207. The molecular formula is C23H28N4. The molecule has 0 aromatic heterocycles. The molecule has 0 amide bonds. The number of rotatable bonds is 4. The van der Waals surface area contributed by atoms with Crippen molar-refractivity contribution < 1.29 is 0 Å². The van der Waals surface area contributed by atoms with E-state index in [0.29, 0.717) is 0 Å². The smallest absolute Gasteiger partial charge is 0.114 e. The molecule has 2 heterocycles. The Morgan fingerprint density at radius 3 is 2.11 bits per heavy atom. The fraction of sp³-hybridized carbons (Fsp3) is 0.304. The lowest BCUT2D eigenvalue weighted by molar-refractivity contribution is 0.433. The zero-order valence-electron chi connectivity index (χ0n) is 16.2. The van der Waals surface area contributed by atoms with Gasteiger partial charge in [-0.15, -0.1) is 0 Å². The molecule has 140 valence electrons. The van der Waals surface area contributed by atoms with Crippen LogP contribution in [0.5, 0.6) is 0 Å². The van der Waals surface area contributed by atoms with Crippen LogP contribution in [0.4, 0.5) is 11.4 Å². The molecule has 0 bridgehead atoms. The van der Waals surface area contributed by atoms with E-state index in [-0.39, 0.29) is 6.17 Å². The van der Waals surface area contributed by atoms with E-state index in [2.05, 4.69) is 89.6 Å². The molecule has 1 unspecified atom stereocenters. The van der Waals surface area contributed by atoms with Crippen LogP contribution < -0.4 is 16.0 Å². The Balaban J connectivity index is 1.69. The summed E-state index contributed by atoms with van der Waals surface area (Å²) in [5, 5.41) is 3.59. The van der Waals surface area contributed by atoms with E-state index < -0.39 is 0 Å². The van der Waals surface area contributed by atoms with E-state index in [9.17, 15) is 0 Å². The Hall–Kier alpha value is -2.72. The van der Waals surface area contributed by atoms with E-state index in [4.69, 9.17) is 5.73 Å². The molecule has 0 aliphatic carbocycles. The molecule has 2 aliphatic rings. The Labute approximate surface area is 162 Å². The van der Waals surface area contributed by atoms with Gasteiger partial charge in [0.25, 0.3) is 0 Å². The maximum atomic E-state index is 6.62. The first-order chi connectivity index (χ1) is 13.1. The SMILES string of the molecule is Cc1ccc(NC2=CC(N3CCCC3)=CC(N)N2c2ccc(C)cc2)cc1. The Bertz CT molecular complexity index is 843. The topological polar surface area (TPSA) is 44.5 Å². The number of nitrogens with one attached hydrogen (secondary N) is 1. The molecule has 0 radical (unpaired) electrons. The molecule has 4 nitrogen and oxygen atoms in total. The minimum absolute atomic E-state index is 0.207. The van der Waals surface area contributed by atoms with Crippen molar-refractivity contribution in [1.82, 2.24) is 4.90 Å². The quantitative estimate of drug-likeness (QED) is 0.851. The molecule has 1 fully saturated rings. The Morgan fingerprint density at radius 2 is 1.48 bits per heavy atom. The molecule has 1 atom stereocenters. The number of benzene rings is 2. The molecule has 2 aromatic carbocycles. The highest BCUT2D eigenvalue weighted by atomic mass is 15.3. The third-order valence-electron chi connectivity index (χ3n) is 5.29. The second kappa shape index (κ2) is 7.49. The summed E-state index contributed by atoms with van der Waals surface area (Å²) in [6, 6.07) is 17.0. The van der Waals surface area contributed by atoms with Crippen molar-refractivity contribution in [1.29, 1.82) is 0 Å². The highest BCUT2D eigenvalue weighted by Gasteiger charge is 2.26. The zero-order valence-corrected chi connectivity index (χ0v) is 16.2. The van der Waals surface area contributed by atoms with Gasteiger partial charge in [-0.25, -0.2) is 0 Å². The minimum Gasteiger partial charge on any atom is -0.372 e. The van der Waals surface area contributed by atoms with Crippen LogP contribution >= 0.6 is 0 Å². The fourth-order valence-electron chi connectivity index (χ4n) is 3.74. The summed E-state index contributed by atoms with van der Waals surface area (Å²) in [4.78, 5) is 4.60. The van der Waals surface area contributed by atoms with Crippen molar-refractivity contribution in [3.8, 4) is 0 Å². The van der Waals surface area contributed by atoms with Crippen LogP contribution in [-0.4, -0.2) is 24.2 Å². The molecule has 4 heteroatoms. The van der Waals surface area contributed by atoms with Gasteiger partial charge in [-0.2, -0.15) is 0 Å². The van der Waals surface area contributed by atoms with Crippen molar-refractivity contribution in [2.75, 3.05) is 23.3 Å². The van der Waals surface area contributed by atoms with Crippen molar-refractivity contribution >= 4 is 11.4 Å². The van der Waals surface area contributed by atoms with Gasteiger partial charge in [0.15, 0.2) is 0 Å². The molecule has 27 heavy (non-hydrogen) atoms. The maximum Gasteiger partial charge on any atom is 0.114 e. The summed E-state index contributed by atoms with van der Waals surface area (Å²) in [5.74, 6) is 1.01. The molecule has 4 rings (SSSR count). The fourth-order valence-corrected chi connectivity index (χ4v) is 3.74. The summed E-state index contributed by atoms with van der Waals surface area (Å²) in [7, 11) is 0. The van der Waals surface area contributed by atoms with Crippen LogP contribution in [0.3, 0.4) is 0 Å². The number of nitrogens with two attached hydrogens (primary N) is 1. The highest BCUT2D eigenvalue weighted by molar-refractivity contribution is 5.63. The largest absolute Gasteiger partial charge is 0.372 e. The van der Waals surface area contributed by atoms with E-state index in [0.717, 1.165) is 30.3 Å². The van der Waals surface area contributed by atoms with Crippen molar-refractivity contribution in [3.63, 3.8) is 0 Å². The summed E-state index contributed by atoms with van der Waals surface area (Å²) in [6.07, 6.45) is 6.70. The van der Waals surface area contributed by atoms with Crippen LogP contribution in [0.1, 0.15) is 24.0 Å². The molecule has 2 aliphatic heterocycles. The first kappa shape index (κ1) is 17.7. The standard InChI is InChI=1S/C23H28N4/c1-17-5-9-19(10-6-17)25-23-16-21(26-13-3-4-14-26)15-22(24)27(23)20-11-7-18(2)8-12-20/h5-12,15-16,22,25H,3-4,13-14,24H2,1-2H3. The molecular weight excluding hydrogens is 332 g/mol. The second-order valence-corrected chi connectivity index (χ2v) is 7.50. The van der Waals surface area contributed by atoms with Gasteiger partial charge in [0.05, 0.1) is 0 Å². The lowest BCUT2D eigenvalue weighted by Gasteiger charge is -2.37. The van der Waals surface area contributed by atoms with E-state index >= 15 is 0 Å². The number of hydrogen-bond acceptors (Lipinski definition) is 4. The van der Waals surface area contributed by atoms with Crippen molar-refractivity contribution in [2.24, 2.45) is 5.73 Å². The number of hydrogen-bond donors (Lipinski definition) is 2. The maximum absolute atomic E-state index is 6.62. The van der Waals surface area contributed by atoms with Gasteiger partial charge in [-0.05, 0) is 57.0 Å². The number of anilines is 2. The van der Waals surface area contributed by atoms with E-state index in [1.165, 1.54) is 29.7 Å². The second-order valence-electron chi connectivity index (χ2n) is 7.50. The summed E-state index contributed by atoms with van der Waals surface area (Å²) < 4.78 is 0. The summed E-state index contributed by atoms with van der Waals surface area (Å²) in [6.45, 7) is 6.42. The monoisotopic (exact) mass is 360 g/mol. The van der Waals surface area contributed by atoms with Gasteiger partial charge in [0.2, 0.25) is 0 Å². The third-order valence-corrected chi connectivity index (χ3v) is 5.29. The van der Waals surface area contributed by atoms with Gasteiger partial charge in [0.1, 0.15) is 12.0 Å². The number of allylic oxidation sites excluding steroid dienone is 1. The van der Waals surface area contributed by atoms with Gasteiger partial charge >= 0.3 is 0 Å². The number of aryl methyl sites for hydroxylation is 2. The van der Waals surface area contributed by atoms with Gasteiger partial charge in [-0.1, -0.05) is 35.4 Å². The third kappa shape index (κ3) is 3.86. The van der Waals surface area contributed by atoms with Crippen LogP contribution in [0.25, 0.3) is 0 Å². The van der Waals surface area contributed by atoms with E-state index in [1.54, 1.807) is 0 Å². The Morgan fingerprint density at radius 1 is 0.889 bits per heavy atom. The van der Waals surface area contributed by atoms with Crippen LogP contribution in [0, 0.1) is 13.8 Å². The molecule has 1 saturated heterocycles. The van der Waals surface area contributed by atoms with Crippen LogP contribution in [-0.2, 0) is 0 Å². The molecule has 2 aromatic rings. The highest BCUT2D eigenvalue weighted by Crippen LogP contribution is 2.30. The van der Waals surface area contributed by atoms with E-state index in [1.807, 2.05) is 0 Å². The van der Waals surface area contributed by atoms with Crippen molar-refractivity contribution in [3.05, 3.63) is 83.3 Å². The lowest BCUT2D eigenvalue weighted by Crippen LogP contribution is -2.45. The Kier molecular flexibility index (Phi) is 4.90. The van der Waals surface area contributed by atoms with Gasteiger partial charge < -0.3 is 20.9 Å². The number of nitrogens with zero attached hydrogens (tertiary/aromatic N) is 2. The van der Waals surface area contributed by atoms with Crippen LogP contribution in [0.15, 0.2) is 72.2 Å². The lowest BCUT2D eigenvalue weighted by atomic mass is 10.1. The van der Waals surface area contributed by atoms with Crippen LogP contribution in [0.2, 0.25) is 0 Å². The van der Waals surface area contributed by atoms with Gasteiger partial charge in [-0.3, -0.25) is 0 Å². The van der Waals surface area contributed by atoms with Crippen molar-refractivity contribution in [2.45, 2.75) is 32.9 Å². The van der Waals surface area contributed by atoms with Gasteiger partial charge in [0, 0.05) is 36.2 Å². The zero-order chi connectivity index (χ0) is 18.8.